The minimum Gasteiger partial charge on any atom is -0.351 e. The normalized spacial score (nSPS) is 18.7. The lowest BCUT2D eigenvalue weighted by Crippen LogP contribution is -2.34. The summed E-state index contributed by atoms with van der Waals surface area (Å²) in [6.45, 7) is 0.342. The first-order chi connectivity index (χ1) is 8.16. The van der Waals surface area contributed by atoms with Crippen molar-refractivity contribution < 1.29 is 14.4 Å². The maximum absolute atomic E-state index is 11.5. The van der Waals surface area contributed by atoms with E-state index in [2.05, 4.69) is 16.0 Å². The minimum atomic E-state index is -0.550. The van der Waals surface area contributed by atoms with E-state index in [1.54, 1.807) is 12.1 Å². The van der Waals surface area contributed by atoms with E-state index >= 15 is 0 Å². The smallest absolute Gasteiger partial charge is 0.322 e. The molecule has 1 atom stereocenters. The first-order valence-electron chi connectivity index (χ1n) is 5.10. The second-order valence-electron chi connectivity index (χ2n) is 3.54. The number of hydrogen-bond acceptors (Lipinski definition) is 4. The summed E-state index contributed by atoms with van der Waals surface area (Å²) in [4.78, 5) is 34.2. The summed E-state index contributed by atoms with van der Waals surface area (Å²) in [5.74, 6) is -0.509. The summed E-state index contributed by atoms with van der Waals surface area (Å²) in [5, 5.41) is 9.10. The summed E-state index contributed by atoms with van der Waals surface area (Å²) in [7, 11) is 0. The van der Waals surface area contributed by atoms with Crippen LogP contribution >= 0.6 is 11.3 Å². The van der Waals surface area contributed by atoms with Crippen molar-refractivity contribution in [1.29, 1.82) is 0 Å². The molecule has 4 amide bonds. The molecule has 6 nitrogen and oxygen atoms in total. The average molecular weight is 253 g/mol. The predicted molar refractivity (Wildman–Crippen MR) is 61.7 cm³/mol. The highest BCUT2D eigenvalue weighted by Crippen LogP contribution is 2.07. The van der Waals surface area contributed by atoms with Gasteiger partial charge in [-0.25, -0.2) is 4.79 Å². The van der Waals surface area contributed by atoms with E-state index in [1.807, 2.05) is 5.38 Å². The van der Waals surface area contributed by atoms with Crippen molar-refractivity contribution in [3.63, 3.8) is 0 Å². The van der Waals surface area contributed by atoms with Crippen LogP contribution in [0, 0.1) is 0 Å². The third kappa shape index (κ3) is 2.82. The molecule has 3 N–H and O–H groups in total. The summed E-state index contributed by atoms with van der Waals surface area (Å²) in [6, 6.07) is 2.49. The lowest BCUT2D eigenvalue weighted by atomic mass is 10.2. The van der Waals surface area contributed by atoms with Gasteiger partial charge in [0.2, 0.25) is 0 Å². The molecular weight excluding hydrogens is 242 g/mol. The molecular formula is C10H11N3O3S. The predicted octanol–water partition coefficient (Wildman–Crippen LogP) is 0.0760. The molecule has 7 heteroatoms. The molecule has 0 bridgehead atoms. The Kier molecular flexibility index (Phi) is 3.38. The molecule has 1 aliphatic heterocycles. The van der Waals surface area contributed by atoms with Crippen LogP contribution in [-0.4, -0.2) is 30.4 Å². The fraction of sp³-hybridized carbons (Fsp3) is 0.300. The number of thiophene rings is 1. The van der Waals surface area contributed by atoms with Crippen LogP contribution in [0.3, 0.4) is 0 Å². The van der Waals surface area contributed by atoms with Gasteiger partial charge in [0.1, 0.15) is 6.04 Å². The number of carbonyl (C=O) groups is 3. The number of imide groups is 1. The molecule has 2 rings (SSSR count). The molecule has 0 aromatic carbocycles. The van der Waals surface area contributed by atoms with Crippen molar-refractivity contribution >= 4 is 29.2 Å². The van der Waals surface area contributed by atoms with Crippen LogP contribution in [-0.2, 0) is 4.79 Å². The zero-order valence-corrected chi connectivity index (χ0v) is 9.67. The molecule has 1 fully saturated rings. The van der Waals surface area contributed by atoms with Gasteiger partial charge in [0.25, 0.3) is 11.8 Å². The van der Waals surface area contributed by atoms with E-state index < -0.39 is 12.1 Å². The van der Waals surface area contributed by atoms with Gasteiger partial charge in [-0.1, -0.05) is 6.07 Å². The molecule has 1 saturated heterocycles. The maximum atomic E-state index is 11.5. The lowest BCUT2D eigenvalue weighted by molar-refractivity contribution is -0.120. The van der Waals surface area contributed by atoms with Gasteiger partial charge in [-0.2, -0.15) is 0 Å². The molecule has 0 spiro atoms. The number of carbonyl (C=O) groups excluding carboxylic acids is 3. The molecule has 0 radical (unpaired) electrons. The largest absolute Gasteiger partial charge is 0.351 e. The number of urea groups is 1. The number of nitrogens with one attached hydrogen (secondary N) is 3. The Morgan fingerprint density at radius 1 is 1.47 bits per heavy atom. The van der Waals surface area contributed by atoms with Gasteiger partial charge in [-0.15, -0.1) is 11.3 Å². The van der Waals surface area contributed by atoms with Crippen molar-refractivity contribution in [2.24, 2.45) is 0 Å². The Labute approximate surface area is 101 Å². The van der Waals surface area contributed by atoms with E-state index in [0.29, 0.717) is 17.8 Å². The Morgan fingerprint density at radius 2 is 2.29 bits per heavy atom. The van der Waals surface area contributed by atoms with Crippen LogP contribution in [0.1, 0.15) is 16.1 Å². The van der Waals surface area contributed by atoms with E-state index in [4.69, 9.17) is 0 Å². The third-order valence-electron chi connectivity index (χ3n) is 2.32. The lowest BCUT2D eigenvalue weighted by Gasteiger charge is -2.07. The standard InChI is InChI=1S/C10H11N3O3S/c14-8-6(12-10(16)13-8)3-4-11-9(15)7-2-1-5-17-7/h1-2,5-6H,3-4H2,(H,11,15)(H2,12,13,14,16). The van der Waals surface area contributed by atoms with Gasteiger partial charge in [0.15, 0.2) is 0 Å². The number of rotatable bonds is 4. The Hall–Kier alpha value is -1.89. The highest BCUT2D eigenvalue weighted by atomic mass is 32.1. The SMILES string of the molecule is O=C1NC(=O)C(CCNC(=O)c2cccs2)N1. The van der Waals surface area contributed by atoms with Gasteiger partial charge in [0, 0.05) is 6.54 Å². The van der Waals surface area contributed by atoms with Gasteiger partial charge >= 0.3 is 6.03 Å². The third-order valence-corrected chi connectivity index (χ3v) is 3.19. The van der Waals surface area contributed by atoms with Gasteiger partial charge in [0.05, 0.1) is 4.88 Å². The van der Waals surface area contributed by atoms with Crippen LogP contribution in [0.2, 0.25) is 0 Å². The van der Waals surface area contributed by atoms with E-state index in [9.17, 15) is 14.4 Å². The van der Waals surface area contributed by atoms with Gasteiger partial charge < -0.3 is 10.6 Å². The summed E-state index contributed by atoms with van der Waals surface area (Å²) >= 11 is 1.35. The Balaban J connectivity index is 1.75. The molecule has 17 heavy (non-hydrogen) atoms. The highest BCUT2D eigenvalue weighted by Gasteiger charge is 2.28. The molecule has 2 heterocycles. The first kappa shape index (κ1) is 11.6. The summed E-state index contributed by atoms with van der Waals surface area (Å²) < 4.78 is 0. The van der Waals surface area contributed by atoms with Crippen LogP contribution < -0.4 is 16.0 Å². The van der Waals surface area contributed by atoms with Gasteiger partial charge in [-0.05, 0) is 17.9 Å². The maximum Gasteiger partial charge on any atom is 0.322 e. The average Bonchev–Trinajstić information content (AvgIpc) is 2.89. The molecule has 0 saturated carbocycles. The molecule has 1 aromatic heterocycles. The van der Waals surface area contributed by atoms with Crippen molar-refractivity contribution in [2.45, 2.75) is 12.5 Å². The number of amides is 4. The molecule has 0 aliphatic carbocycles. The van der Waals surface area contributed by atoms with E-state index in [-0.39, 0.29) is 11.8 Å². The quantitative estimate of drug-likeness (QED) is 0.664. The minimum absolute atomic E-state index is 0.162. The second-order valence-corrected chi connectivity index (χ2v) is 4.48. The second kappa shape index (κ2) is 4.96. The zero-order chi connectivity index (χ0) is 12.3. The fourth-order valence-corrected chi connectivity index (χ4v) is 2.13. The van der Waals surface area contributed by atoms with Gasteiger partial charge in [-0.3, -0.25) is 14.9 Å². The van der Waals surface area contributed by atoms with Crippen molar-refractivity contribution in [3.05, 3.63) is 22.4 Å². The topological polar surface area (TPSA) is 87.3 Å². The van der Waals surface area contributed by atoms with Crippen molar-refractivity contribution in [1.82, 2.24) is 16.0 Å². The molecule has 90 valence electrons. The monoisotopic (exact) mass is 253 g/mol. The number of hydrogen-bond donors (Lipinski definition) is 3. The Bertz CT molecular complexity index is 444. The van der Waals surface area contributed by atoms with Crippen LogP contribution in [0.4, 0.5) is 4.79 Å². The summed E-state index contributed by atoms with van der Waals surface area (Å²) in [6.07, 6.45) is 0.384. The molecule has 1 aromatic rings. The Morgan fingerprint density at radius 3 is 2.88 bits per heavy atom. The van der Waals surface area contributed by atoms with Crippen molar-refractivity contribution in [3.8, 4) is 0 Å². The highest BCUT2D eigenvalue weighted by molar-refractivity contribution is 7.12. The van der Waals surface area contributed by atoms with Crippen LogP contribution in [0.15, 0.2) is 17.5 Å². The zero-order valence-electron chi connectivity index (χ0n) is 8.86. The van der Waals surface area contributed by atoms with Crippen molar-refractivity contribution in [2.75, 3.05) is 6.54 Å². The molecule has 1 aliphatic rings. The van der Waals surface area contributed by atoms with Crippen LogP contribution in [0.5, 0.6) is 0 Å². The van der Waals surface area contributed by atoms with E-state index in [0.717, 1.165) is 0 Å². The van der Waals surface area contributed by atoms with Crippen LogP contribution in [0.25, 0.3) is 0 Å². The summed E-state index contributed by atoms with van der Waals surface area (Å²) in [5.41, 5.74) is 0. The van der Waals surface area contributed by atoms with E-state index in [1.165, 1.54) is 11.3 Å². The molecule has 1 unspecified atom stereocenters. The first-order valence-corrected chi connectivity index (χ1v) is 5.98. The fourth-order valence-electron chi connectivity index (χ4n) is 1.49.